The SMILES string of the molecule is Cl.O=C(CCCc1nc(C2CC2)no1)N1CCCC(N2CCNCC2=O)C1. The summed E-state index contributed by atoms with van der Waals surface area (Å²) in [5.41, 5.74) is 0. The van der Waals surface area contributed by atoms with E-state index in [4.69, 9.17) is 4.52 Å². The van der Waals surface area contributed by atoms with E-state index in [-0.39, 0.29) is 30.3 Å². The third-order valence-electron chi connectivity index (χ3n) is 5.52. The Hall–Kier alpha value is -1.67. The number of piperidine rings is 1. The van der Waals surface area contributed by atoms with Crippen molar-refractivity contribution in [3.63, 3.8) is 0 Å². The van der Waals surface area contributed by atoms with Gasteiger partial charge >= 0.3 is 0 Å². The number of aromatic nitrogens is 2. The van der Waals surface area contributed by atoms with E-state index in [1.165, 1.54) is 0 Å². The molecule has 0 aromatic carbocycles. The molecule has 150 valence electrons. The van der Waals surface area contributed by atoms with Gasteiger partial charge in [0.15, 0.2) is 5.82 Å². The summed E-state index contributed by atoms with van der Waals surface area (Å²) < 4.78 is 5.27. The van der Waals surface area contributed by atoms with Crippen molar-refractivity contribution in [3.05, 3.63) is 11.7 Å². The van der Waals surface area contributed by atoms with Gasteiger partial charge in [0.25, 0.3) is 0 Å². The van der Waals surface area contributed by atoms with E-state index in [2.05, 4.69) is 15.5 Å². The summed E-state index contributed by atoms with van der Waals surface area (Å²) in [6.07, 6.45) is 6.12. The molecular weight excluding hydrogens is 370 g/mol. The van der Waals surface area contributed by atoms with Gasteiger partial charge in [-0.25, -0.2) is 0 Å². The summed E-state index contributed by atoms with van der Waals surface area (Å²) >= 11 is 0. The molecule has 0 spiro atoms. The van der Waals surface area contributed by atoms with Gasteiger partial charge in [-0.2, -0.15) is 4.98 Å². The molecule has 2 saturated heterocycles. The summed E-state index contributed by atoms with van der Waals surface area (Å²) in [5, 5.41) is 7.11. The molecule has 27 heavy (non-hydrogen) atoms. The maximum atomic E-state index is 12.6. The van der Waals surface area contributed by atoms with Crippen LogP contribution in [0.25, 0.3) is 0 Å². The number of nitrogens with one attached hydrogen (secondary N) is 1. The number of hydrogen-bond donors (Lipinski definition) is 1. The molecule has 1 aromatic heterocycles. The van der Waals surface area contributed by atoms with Crippen LogP contribution in [0.2, 0.25) is 0 Å². The largest absolute Gasteiger partial charge is 0.341 e. The fourth-order valence-electron chi connectivity index (χ4n) is 3.87. The lowest BCUT2D eigenvalue weighted by molar-refractivity contribution is -0.140. The molecule has 0 bridgehead atoms. The molecule has 8 nitrogen and oxygen atoms in total. The number of aryl methyl sites for hydroxylation is 1. The van der Waals surface area contributed by atoms with Gasteiger partial charge in [0, 0.05) is 51.0 Å². The van der Waals surface area contributed by atoms with Gasteiger partial charge in [0.1, 0.15) is 0 Å². The number of piperazine rings is 1. The second kappa shape index (κ2) is 9.01. The minimum atomic E-state index is 0. The highest BCUT2D eigenvalue weighted by Gasteiger charge is 2.31. The topological polar surface area (TPSA) is 91.6 Å². The first-order chi connectivity index (χ1) is 12.7. The number of nitrogens with zero attached hydrogens (tertiary/aromatic N) is 4. The Kier molecular flexibility index (Phi) is 6.70. The lowest BCUT2D eigenvalue weighted by atomic mass is 10.0. The van der Waals surface area contributed by atoms with Crippen LogP contribution in [0.15, 0.2) is 4.52 Å². The molecule has 1 unspecified atom stereocenters. The molecule has 1 N–H and O–H groups in total. The number of likely N-dealkylation sites (tertiary alicyclic amines) is 1. The van der Waals surface area contributed by atoms with Crippen molar-refractivity contribution in [2.24, 2.45) is 0 Å². The van der Waals surface area contributed by atoms with Crippen molar-refractivity contribution in [2.75, 3.05) is 32.7 Å². The molecular formula is C18H28ClN5O3. The predicted molar refractivity (Wildman–Crippen MR) is 101 cm³/mol. The molecule has 3 fully saturated rings. The van der Waals surface area contributed by atoms with E-state index in [1.807, 2.05) is 9.80 Å². The predicted octanol–water partition coefficient (Wildman–Crippen LogP) is 1.11. The average Bonchev–Trinajstić information content (AvgIpc) is 3.41. The van der Waals surface area contributed by atoms with E-state index in [9.17, 15) is 9.59 Å². The van der Waals surface area contributed by atoms with Crippen LogP contribution in [0, 0.1) is 0 Å². The van der Waals surface area contributed by atoms with E-state index in [1.54, 1.807) is 0 Å². The lowest BCUT2D eigenvalue weighted by Crippen LogP contribution is -2.57. The van der Waals surface area contributed by atoms with E-state index >= 15 is 0 Å². The summed E-state index contributed by atoms with van der Waals surface area (Å²) in [7, 11) is 0. The van der Waals surface area contributed by atoms with Gasteiger partial charge in [0.2, 0.25) is 17.7 Å². The molecule has 0 radical (unpaired) electrons. The van der Waals surface area contributed by atoms with Crippen LogP contribution in [0.5, 0.6) is 0 Å². The smallest absolute Gasteiger partial charge is 0.236 e. The molecule has 3 aliphatic rings. The molecule has 1 atom stereocenters. The van der Waals surface area contributed by atoms with Gasteiger partial charge in [-0.1, -0.05) is 5.16 Å². The Balaban J connectivity index is 0.00000210. The molecule has 1 aromatic rings. The first-order valence-electron chi connectivity index (χ1n) is 9.81. The first-order valence-corrected chi connectivity index (χ1v) is 9.81. The van der Waals surface area contributed by atoms with Gasteiger partial charge in [-0.05, 0) is 32.1 Å². The molecule has 2 amide bonds. The van der Waals surface area contributed by atoms with Crippen LogP contribution in [-0.2, 0) is 16.0 Å². The van der Waals surface area contributed by atoms with Crippen LogP contribution in [-0.4, -0.2) is 70.5 Å². The van der Waals surface area contributed by atoms with Crippen molar-refractivity contribution >= 4 is 24.2 Å². The minimum Gasteiger partial charge on any atom is -0.341 e. The monoisotopic (exact) mass is 397 g/mol. The summed E-state index contributed by atoms with van der Waals surface area (Å²) in [5.74, 6) is 2.28. The number of rotatable bonds is 6. The first kappa shape index (κ1) is 20.1. The normalized spacial score (nSPS) is 23.3. The fourth-order valence-corrected chi connectivity index (χ4v) is 3.87. The van der Waals surface area contributed by atoms with Crippen molar-refractivity contribution in [1.82, 2.24) is 25.3 Å². The molecule has 1 saturated carbocycles. The zero-order valence-corrected chi connectivity index (χ0v) is 16.4. The quantitative estimate of drug-likeness (QED) is 0.773. The van der Waals surface area contributed by atoms with Gasteiger partial charge in [-0.3, -0.25) is 9.59 Å². The molecule has 2 aliphatic heterocycles. The summed E-state index contributed by atoms with van der Waals surface area (Å²) in [4.78, 5) is 32.9. The van der Waals surface area contributed by atoms with E-state index in [0.717, 1.165) is 57.6 Å². The zero-order valence-electron chi connectivity index (χ0n) is 15.6. The maximum absolute atomic E-state index is 12.6. The van der Waals surface area contributed by atoms with Gasteiger partial charge in [-0.15, -0.1) is 12.4 Å². The van der Waals surface area contributed by atoms with Crippen molar-refractivity contribution in [2.45, 2.75) is 56.9 Å². The van der Waals surface area contributed by atoms with Crippen LogP contribution in [0.3, 0.4) is 0 Å². The highest BCUT2D eigenvalue weighted by atomic mass is 35.5. The van der Waals surface area contributed by atoms with E-state index < -0.39 is 0 Å². The van der Waals surface area contributed by atoms with E-state index in [0.29, 0.717) is 37.7 Å². The Bertz CT molecular complexity index is 663. The summed E-state index contributed by atoms with van der Waals surface area (Å²) in [6.45, 7) is 3.45. The van der Waals surface area contributed by atoms with Crippen LogP contribution in [0.4, 0.5) is 0 Å². The maximum Gasteiger partial charge on any atom is 0.236 e. The highest BCUT2D eigenvalue weighted by molar-refractivity contribution is 5.85. The molecule has 4 rings (SSSR count). The van der Waals surface area contributed by atoms with Crippen LogP contribution < -0.4 is 5.32 Å². The number of hydrogen-bond acceptors (Lipinski definition) is 6. The highest BCUT2D eigenvalue weighted by Crippen LogP contribution is 2.38. The zero-order chi connectivity index (χ0) is 17.9. The number of carbonyl (C=O) groups excluding carboxylic acids is 2. The molecule has 1 aliphatic carbocycles. The average molecular weight is 398 g/mol. The lowest BCUT2D eigenvalue weighted by Gasteiger charge is -2.41. The van der Waals surface area contributed by atoms with Crippen LogP contribution in [0.1, 0.15) is 56.2 Å². The third kappa shape index (κ3) is 4.99. The molecule has 9 heteroatoms. The van der Waals surface area contributed by atoms with Crippen LogP contribution >= 0.6 is 12.4 Å². The Labute approximate surface area is 165 Å². The number of carbonyl (C=O) groups is 2. The minimum absolute atomic E-state index is 0. The fraction of sp³-hybridized carbons (Fsp3) is 0.778. The second-order valence-corrected chi connectivity index (χ2v) is 7.57. The Morgan fingerprint density at radius 3 is 2.89 bits per heavy atom. The standard InChI is InChI=1S/C18H27N5O3.ClH/c24-16(5-1-4-15-20-18(21-26-15)13-6-7-13)22-9-2-3-14(12-22)23-10-8-19-11-17(23)25;/h13-14,19H,1-12H2;1H. The molecule has 3 heterocycles. The Morgan fingerprint density at radius 2 is 2.11 bits per heavy atom. The summed E-state index contributed by atoms with van der Waals surface area (Å²) in [6, 6.07) is 0.166. The van der Waals surface area contributed by atoms with Crippen molar-refractivity contribution < 1.29 is 14.1 Å². The number of amides is 2. The third-order valence-corrected chi connectivity index (χ3v) is 5.52. The second-order valence-electron chi connectivity index (χ2n) is 7.57. The van der Waals surface area contributed by atoms with Gasteiger partial charge in [0.05, 0.1) is 6.54 Å². The Morgan fingerprint density at radius 1 is 1.26 bits per heavy atom. The van der Waals surface area contributed by atoms with Crippen molar-refractivity contribution in [1.29, 1.82) is 0 Å². The number of halogens is 1. The van der Waals surface area contributed by atoms with Crippen molar-refractivity contribution in [3.8, 4) is 0 Å². The van der Waals surface area contributed by atoms with Gasteiger partial charge < -0.3 is 19.6 Å².